The van der Waals surface area contributed by atoms with E-state index in [2.05, 4.69) is 5.32 Å². The van der Waals surface area contributed by atoms with E-state index in [0.717, 1.165) is 5.56 Å². The van der Waals surface area contributed by atoms with Crippen LogP contribution in [0.4, 0.5) is 4.39 Å². The van der Waals surface area contributed by atoms with Crippen LogP contribution in [0.2, 0.25) is 0 Å². The summed E-state index contributed by atoms with van der Waals surface area (Å²) in [6.07, 6.45) is 0.399. The average Bonchev–Trinajstić information content (AvgIpc) is 2.71. The van der Waals surface area contributed by atoms with E-state index in [4.69, 9.17) is 4.74 Å². The van der Waals surface area contributed by atoms with E-state index in [9.17, 15) is 14.0 Å². The van der Waals surface area contributed by atoms with Crippen LogP contribution in [-0.2, 0) is 26.3 Å². The van der Waals surface area contributed by atoms with Gasteiger partial charge in [-0.05, 0) is 36.1 Å². The monoisotopic (exact) mass is 382 g/mol. The van der Waals surface area contributed by atoms with E-state index in [-0.39, 0.29) is 36.8 Å². The fraction of sp³-hybridized carbons (Fsp3) is 0.364. The Bertz CT molecular complexity index is 902. The standard InChI is InChI=1S/C22H23FN2O3/c1-15-7-8-16(11-18(15)23)12-21(27)25-10-9-22(17-5-3-2-4-6-17)19(13-25)28-14-20(26)24-22/h2-8,11,19H,9-10,12-14H2,1H3,(H,24,26)/t19-,22+/m1/s1. The van der Waals surface area contributed by atoms with Crippen LogP contribution < -0.4 is 5.32 Å². The van der Waals surface area contributed by atoms with Gasteiger partial charge in [-0.25, -0.2) is 4.39 Å². The highest BCUT2D eigenvalue weighted by Crippen LogP contribution is 2.37. The zero-order valence-electron chi connectivity index (χ0n) is 15.8. The zero-order chi connectivity index (χ0) is 19.7. The van der Waals surface area contributed by atoms with Gasteiger partial charge in [0, 0.05) is 13.1 Å². The number of halogens is 1. The molecule has 2 atom stereocenters. The molecule has 2 aromatic carbocycles. The molecule has 0 bridgehead atoms. The number of carbonyl (C=O) groups is 2. The minimum Gasteiger partial charge on any atom is -0.364 e. The minimum absolute atomic E-state index is 0.00947. The molecule has 6 heteroatoms. The summed E-state index contributed by atoms with van der Waals surface area (Å²) in [5.41, 5.74) is 1.59. The van der Waals surface area contributed by atoms with E-state index in [1.807, 2.05) is 30.3 Å². The van der Waals surface area contributed by atoms with Gasteiger partial charge in [0.15, 0.2) is 0 Å². The molecule has 146 valence electrons. The number of amides is 2. The number of hydrogen-bond acceptors (Lipinski definition) is 3. The highest BCUT2D eigenvalue weighted by atomic mass is 19.1. The molecule has 28 heavy (non-hydrogen) atoms. The third-order valence-electron chi connectivity index (χ3n) is 5.72. The molecule has 0 spiro atoms. The number of ether oxygens (including phenoxy) is 1. The summed E-state index contributed by atoms with van der Waals surface area (Å²) < 4.78 is 19.6. The van der Waals surface area contributed by atoms with Crippen LogP contribution in [0.25, 0.3) is 0 Å². The molecule has 2 amide bonds. The molecule has 5 nitrogen and oxygen atoms in total. The Kier molecular flexibility index (Phi) is 4.89. The Hall–Kier alpha value is -2.73. The maximum Gasteiger partial charge on any atom is 0.246 e. The summed E-state index contributed by atoms with van der Waals surface area (Å²) >= 11 is 0. The number of carbonyl (C=O) groups excluding carboxylic acids is 2. The molecule has 2 fully saturated rings. The van der Waals surface area contributed by atoms with Crippen LogP contribution in [0.3, 0.4) is 0 Å². The van der Waals surface area contributed by atoms with Crippen LogP contribution in [-0.4, -0.2) is 42.5 Å². The largest absolute Gasteiger partial charge is 0.364 e. The van der Waals surface area contributed by atoms with Gasteiger partial charge in [0.25, 0.3) is 0 Å². The molecular weight excluding hydrogens is 359 g/mol. The number of rotatable bonds is 3. The number of fused-ring (bicyclic) bond motifs is 1. The summed E-state index contributed by atoms with van der Waals surface area (Å²) in [6.45, 7) is 2.58. The van der Waals surface area contributed by atoms with Crippen LogP contribution in [0.15, 0.2) is 48.5 Å². The maximum absolute atomic E-state index is 13.8. The molecule has 2 aliphatic heterocycles. The van der Waals surface area contributed by atoms with Crippen LogP contribution in [0.5, 0.6) is 0 Å². The smallest absolute Gasteiger partial charge is 0.246 e. The van der Waals surface area contributed by atoms with E-state index in [0.29, 0.717) is 30.6 Å². The highest BCUT2D eigenvalue weighted by Gasteiger charge is 2.49. The molecule has 0 aromatic heterocycles. The highest BCUT2D eigenvalue weighted by molar-refractivity contribution is 5.81. The first kappa shape index (κ1) is 18.6. The number of benzene rings is 2. The van der Waals surface area contributed by atoms with Crippen LogP contribution in [0.1, 0.15) is 23.1 Å². The fourth-order valence-corrected chi connectivity index (χ4v) is 4.12. The molecule has 0 aliphatic carbocycles. The fourth-order valence-electron chi connectivity index (χ4n) is 4.12. The normalized spacial score (nSPS) is 24.4. The third kappa shape index (κ3) is 3.40. The quantitative estimate of drug-likeness (QED) is 0.886. The Morgan fingerprint density at radius 3 is 2.82 bits per heavy atom. The van der Waals surface area contributed by atoms with Crippen molar-refractivity contribution in [2.75, 3.05) is 19.7 Å². The van der Waals surface area contributed by atoms with Crippen LogP contribution in [0, 0.1) is 12.7 Å². The van der Waals surface area contributed by atoms with Crippen molar-refractivity contribution in [3.05, 3.63) is 71.0 Å². The lowest BCUT2D eigenvalue weighted by atomic mass is 9.77. The second kappa shape index (κ2) is 7.36. The van der Waals surface area contributed by atoms with Crippen molar-refractivity contribution >= 4 is 11.8 Å². The number of likely N-dealkylation sites (tertiary alicyclic amines) is 1. The predicted octanol–water partition coefficient (Wildman–Crippen LogP) is 2.32. The number of nitrogens with one attached hydrogen (secondary N) is 1. The summed E-state index contributed by atoms with van der Waals surface area (Å²) in [6, 6.07) is 14.7. The first-order valence-electron chi connectivity index (χ1n) is 9.49. The Morgan fingerprint density at radius 1 is 1.29 bits per heavy atom. The Balaban J connectivity index is 1.52. The Morgan fingerprint density at radius 2 is 2.07 bits per heavy atom. The van der Waals surface area contributed by atoms with Crippen molar-refractivity contribution in [3.8, 4) is 0 Å². The Labute approximate surface area is 163 Å². The average molecular weight is 382 g/mol. The van der Waals surface area contributed by atoms with E-state index in [1.165, 1.54) is 6.07 Å². The molecule has 0 radical (unpaired) electrons. The van der Waals surface area contributed by atoms with E-state index in [1.54, 1.807) is 24.0 Å². The SMILES string of the molecule is Cc1ccc(CC(=O)N2CC[C@@]3(c4ccccc4)NC(=O)CO[C@@H]3C2)cc1F. The number of aryl methyl sites for hydroxylation is 1. The van der Waals surface area contributed by atoms with Gasteiger partial charge in [-0.2, -0.15) is 0 Å². The number of piperidine rings is 1. The number of hydrogen-bond donors (Lipinski definition) is 1. The van der Waals surface area contributed by atoms with Crippen molar-refractivity contribution in [3.63, 3.8) is 0 Å². The predicted molar refractivity (Wildman–Crippen MR) is 102 cm³/mol. The lowest BCUT2D eigenvalue weighted by Gasteiger charge is -2.50. The second-order valence-electron chi connectivity index (χ2n) is 7.54. The lowest BCUT2D eigenvalue weighted by molar-refractivity contribution is -0.157. The molecule has 0 unspecified atom stereocenters. The van der Waals surface area contributed by atoms with Crippen molar-refractivity contribution in [1.82, 2.24) is 10.2 Å². The first-order valence-corrected chi connectivity index (χ1v) is 9.49. The first-order chi connectivity index (χ1) is 13.5. The van der Waals surface area contributed by atoms with Gasteiger partial charge in [0.05, 0.1) is 12.0 Å². The number of nitrogens with zero attached hydrogens (tertiary/aromatic N) is 1. The molecule has 1 N–H and O–H groups in total. The molecule has 0 saturated carbocycles. The van der Waals surface area contributed by atoms with E-state index < -0.39 is 5.54 Å². The van der Waals surface area contributed by atoms with E-state index >= 15 is 0 Å². The molecule has 2 saturated heterocycles. The lowest BCUT2D eigenvalue weighted by Crippen LogP contribution is -2.67. The summed E-state index contributed by atoms with van der Waals surface area (Å²) in [4.78, 5) is 26.6. The van der Waals surface area contributed by atoms with Gasteiger partial charge in [0.2, 0.25) is 11.8 Å². The molecule has 2 aliphatic rings. The number of morpholine rings is 1. The summed E-state index contributed by atoms with van der Waals surface area (Å²) in [7, 11) is 0. The minimum atomic E-state index is -0.622. The summed E-state index contributed by atoms with van der Waals surface area (Å²) in [5, 5.41) is 3.12. The zero-order valence-corrected chi connectivity index (χ0v) is 15.8. The van der Waals surface area contributed by atoms with Gasteiger partial charge >= 0.3 is 0 Å². The molecule has 2 aromatic rings. The van der Waals surface area contributed by atoms with Crippen molar-refractivity contribution in [2.24, 2.45) is 0 Å². The molecule has 2 heterocycles. The molecular formula is C22H23FN2O3. The van der Waals surface area contributed by atoms with Gasteiger partial charge in [0.1, 0.15) is 18.5 Å². The van der Waals surface area contributed by atoms with Gasteiger partial charge in [-0.1, -0.05) is 42.5 Å². The van der Waals surface area contributed by atoms with Gasteiger partial charge in [-0.15, -0.1) is 0 Å². The van der Waals surface area contributed by atoms with Gasteiger partial charge < -0.3 is 15.0 Å². The second-order valence-corrected chi connectivity index (χ2v) is 7.54. The van der Waals surface area contributed by atoms with Gasteiger partial charge in [-0.3, -0.25) is 9.59 Å². The topological polar surface area (TPSA) is 58.6 Å². The maximum atomic E-state index is 13.8. The van der Waals surface area contributed by atoms with Crippen molar-refractivity contribution in [2.45, 2.75) is 31.4 Å². The third-order valence-corrected chi connectivity index (χ3v) is 5.72. The summed E-state index contributed by atoms with van der Waals surface area (Å²) in [5.74, 6) is -0.509. The molecule has 4 rings (SSSR count). The van der Waals surface area contributed by atoms with Crippen LogP contribution >= 0.6 is 0 Å². The van der Waals surface area contributed by atoms with Crippen molar-refractivity contribution in [1.29, 1.82) is 0 Å². The van der Waals surface area contributed by atoms with Crippen molar-refractivity contribution < 1.29 is 18.7 Å².